The molecule has 1 fully saturated rings. The third-order valence-electron chi connectivity index (χ3n) is 4.38. The van der Waals surface area contributed by atoms with Gasteiger partial charge in [0.1, 0.15) is 0 Å². The number of anilines is 1. The van der Waals surface area contributed by atoms with Gasteiger partial charge in [0.2, 0.25) is 0 Å². The van der Waals surface area contributed by atoms with Crippen LogP contribution in [0.4, 0.5) is 5.69 Å². The van der Waals surface area contributed by atoms with Gasteiger partial charge in [-0.1, -0.05) is 31.0 Å². The molecule has 3 nitrogen and oxygen atoms in total. The van der Waals surface area contributed by atoms with Gasteiger partial charge < -0.3 is 10.6 Å². The first-order chi connectivity index (χ1) is 9.81. The minimum atomic E-state index is 0.552. The maximum atomic E-state index is 5.97. The minimum Gasteiger partial charge on any atom is -0.368 e. The lowest BCUT2D eigenvalue weighted by Crippen LogP contribution is -2.33. The van der Waals surface area contributed by atoms with Crippen molar-refractivity contribution in [2.75, 3.05) is 11.4 Å². The van der Waals surface area contributed by atoms with E-state index in [1.54, 1.807) is 0 Å². The second-order valence-electron chi connectivity index (χ2n) is 5.75. The average Bonchev–Trinajstić information content (AvgIpc) is 2.70. The Morgan fingerprint density at radius 1 is 1.25 bits per heavy atom. The van der Waals surface area contributed by atoms with Gasteiger partial charge in [0.15, 0.2) is 0 Å². The molecule has 1 atom stereocenters. The zero-order valence-electron chi connectivity index (χ0n) is 12.2. The van der Waals surface area contributed by atoms with Gasteiger partial charge >= 0.3 is 0 Å². The number of rotatable bonds is 2. The fourth-order valence-corrected chi connectivity index (χ4v) is 3.26. The van der Waals surface area contributed by atoms with Gasteiger partial charge in [-0.15, -0.1) is 0 Å². The number of benzene rings is 1. The molecule has 1 aliphatic heterocycles. The van der Waals surface area contributed by atoms with E-state index >= 15 is 0 Å². The van der Waals surface area contributed by atoms with Crippen molar-refractivity contribution in [1.82, 2.24) is 4.98 Å². The van der Waals surface area contributed by atoms with Crippen LogP contribution in [0.15, 0.2) is 30.5 Å². The van der Waals surface area contributed by atoms with E-state index in [2.05, 4.69) is 35.0 Å². The highest BCUT2D eigenvalue weighted by Crippen LogP contribution is 2.33. The Hall–Kier alpha value is -1.61. The Morgan fingerprint density at radius 2 is 2.10 bits per heavy atom. The van der Waals surface area contributed by atoms with E-state index in [1.165, 1.54) is 36.8 Å². The first-order valence-electron chi connectivity index (χ1n) is 7.64. The van der Waals surface area contributed by atoms with E-state index in [-0.39, 0.29) is 0 Å². The maximum Gasteiger partial charge on any atom is 0.0723 e. The van der Waals surface area contributed by atoms with E-state index in [1.807, 2.05) is 12.3 Å². The molecule has 0 bridgehead atoms. The largest absolute Gasteiger partial charge is 0.368 e. The van der Waals surface area contributed by atoms with Crippen molar-refractivity contribution in [3.8, 4) is 0 Å². The number of para-hydroxylation sites is 1. The van der Waals surface area contributed by atoms with E-state index in [9.17, 15) is 0 Å². The zero-order valence-corrected chi connectivity index (χ0v) is 12.2. The summed E-state index contributed by atoms with van der Waals surface area (Å²) in [4.78, 5) is 7.10. The number of aromatic nitrogens is 1. The highest BCUT2D eigenvalue weighted by Gasteiger charge is 2.21. The molecular weight excluding hydrogens is 246 g/mol. The highest BCUT2D eigenvalue weighted by molar-refractivity contribution is 5.93. The average molecular weight is 269 g/mol. The van der Waals surface area contributed by atoms with Crippen molar-refractivity contribution in [3.63, 3.8) is 0 Å². The lowest BCUT2D eigenvalue weighted by Gasteiger charge is -2.32. The van der Waals surface area contributed by atoms with Crippen molar-refractivity contribution in [2.24, 2.45) is 5.73 Å². The van der Waals surface area contributed by atoms with Gasteiger partial charge in [-0.25, -0.2) is 0 Å². The van der Waals surface area contributed by atoms with Gasteiger partial charge in [0, 0.05) is 36.3 Å². The van der Waals surface area contributed by atoms with Crippen molar-refractivity contribution < 1.29 is 0 Å². The smallest absolute Gasteiger partial charge is 0.0723 e. The predicted octanol–water partition coefficient (Wildman–Crippen LogP) is 3.46. The molecule has 1 saturated heterocycles. The molecular formula is C17H23N3. The molecule has 2 N–H and O–H groups in total. The van der Waals surface area contributed by atoms with Crippen LogP contribution in [0, 0.1) is 0 Å². The Kier molecular flexibility index (Phi) is 3.88. The molecule has 2 aromatic rings. The molecule has 0 radical (unpaired) electrons. The van der Waals surface area contributed by atoms with Crippen LogP contribution in [0.5, 0.6) is 0 Å². The molecule has 106 valence electrons. The number of nitrogens with zero attached hydrogens (tertiary/aromatic N) is 2. The summed E-state index contributed by atoms with van der Waals surface area (Å²) in [7, 11) is 0. The molecule has 3 rings (SSSR count). The summed E-state index contributed by atoms with van der Waals surface area (Å²) in [5.41, 5.74) is 9.51. The first kappa shape index (κ1) is 13.4. The molecule has 1 unspecified atom stereocenters. The van der Waals surface area contributed by atoms with E-state index in [4.69, 9.17) is 5.73 Å². The van der Waals surface area contributed by atoms with Crippen LogP contribution >= 0.6 is 0 Å². The molecule has 0 aliphatic carbocycles. The first-order valence-corrected chi connectivity index (χ1v) is 7.64. The molecule has 0 amide bonds. The molecule has 3 heteroatoms. The molecule has 1 aromatic carbocycles. The Balaban J connectivity index is 2.16. The van der Waals surface area contributed by atoms with Crippen molar-refractivity contribution in [1.29, 1.82) is 0 Å². The van der Waals surface area contributed by atoms with Crippen LogP contribution in [0.2, 0.25) is 0 Å². The number of hydrogen-bond donors (Lipinski definition) is 1. The van der Waals surface area contributed by atoms with Gasteiger partial charge in [-0.3, -0.25) is 4.98 Å². The fourth-order valence-electron chi connectivity index (χ4n) is 3.26. The van der Waals surface area contributed by atoms with Crippen LogP contribution in [0.3, 0.4) is 0 Å². The Bertz CT molecular complexity index is 594. The summed E-state index contributed by atoms with van der Waals surface area (Å²) in [6.07, 6.45) is 7.15. The normalized spacial score (nSPS) is 20.1. The topological polar surface area (TPSA) is 42.1 Å². The van der Waals surface area contributed by atoms with Crippen LogP contribution in [0.1, 0.15) is 38.2 Å². The summed E-state index contributed by atoms with van der Waals surface area (Å²) >= 11 is 0. The highest BCUT2D eigenvalue weighted by atomic mass is 15.2. The number of nitrogens with two attached hydrogens (primary N) is 1. The van der Waals surface area contributed by atoms with Crippen LogP contribution in [-0.4, -0.2) is 17.6 Å². The number of hydrogen-bond acceptors (Lipinski definition) is 3. The van der Waals surface area contributed by atoms with Gasteiger partial charge in [0.05, 0.1) is 11.2 Å². The number of pyridine rings is 1. The second kappa shape index (κ2) is 5.80. The third-order valence-corrected chi connectivity index (χ3v) is 4.38. The maximum absolute atomic E-state index is 5.97. The fraction of sp³-hybridized carbons (Fsp3) is 0.471. The van der Waals surface area contributed by atoms with Gasteiger partial charge in [-0.05, 0) is 25.8 Å². The van der Waals surface area contributed by atoms with E-state index < -0.39 is 0 Å². The summed E-state index contributed by atoms with van der Waals surface area (Å²) in [5.74, 6) is 0. The van der Waals surface area contributed by atoms with Crippen LogP contribution in [0.25, 0.3) is 10.9 Å². The van der Waals surface area contributed by atoms with Crippen molar-refractivity contribution in [3.05, 3.63) is 36.0 Å². The van der Waals surface area contributed by atoms with Gasteiger partial charge in [0.25, 0.3) is 0 Å². The van der Waals surface area contributed by atoms with Crippen LogP contribution < -0.4 is 10.6 Å². The van der Waals surface area contributed by atoms with Crippen molar-refractivity contribution >= 4 is 16.6 Å². The standard InChI is InChI=1S/C17H23N3/c1-13-7-3-2-6-10-20(13)17-14(11-18)12-19-16-9-5-4-8-15(16)17/h4-5,8-9,12-13H,2-3,6-7,10-11,18H2,1H3. The molecule has 1 aliphatic rings. The molecule has 20 heavy (non-hydrogen) atoms. The summed E-state index contributed by atoms with van der Waals surface area (Å²) in [6, 6.07) is 8.98. The second-order valence-corrected chi connectivity index (χ2v) is 5.75. The zero-order chi connectivity index (χ0) is 13.9. The predicted molar refractivity (Wildman–Crippen MR) is 84.9 cm³/mol. The quantitative estimate of drug-likeness (QED) is 0.907. The Labute approximate surface area is 120 Å². The van der Waals surface area contributed by atoms with E-state index in [0.717, 1.165) is 17.6 Å². The molecule has 0 saturated carbocycles. The molecule has 1 aromatic heterocycles. The summed E-state index contributed by atoms with van der Waals surface area (Å²) in [6.45, 7) is 4.01. The number of fused-ring (bicyclic) bond motifs is 1. The molecule has 0 spiro atoms. The van der Waals surface area contributed by atoms with Crippen molar-refractivity contribution in [2.45, 2.75) is 45.2 Å². The minimum absolute atomic E-state index is 0.552. The molecule has 2 heterocycles. The lowest BCUT2D eigenvalue weighted by atomic mass is 10.1. The lowest BCUT2D eigenvalue weighted by molar-refractivity contribution is 0.615. The monoisotopic (exact) mass is 269 g/mol. The Morgan fingerprint density at radius 3 is 2.95 bits per heavy atom. The summed E-state index contributed by atoms with van der Waals surface area (Å²) < 4.78 is 0. The SMILES string of the molecule is CC1CCCCCN1c1c(CN)cnc2ccccc12. The van der Waals surface area contributed by atoms with E-state index in [0.29, 0.717) is 12.6 Å². The van der Waals surface area contributed by atoms with Crippen LogP contribution in [-0.2, 0) is 6.54 Å². The van der Waals surface area contributed by atoms with Gasteiger partial charge in [-0.2, -0.15) is 0 Å². The summed E-state index contributed by atoms with van der Waals surface area (Å²) in [5, 5.41) is 1.24. The third kappa shape index (κ3) is 2.38.